The fourth-order valence-corrected chi connectivity index (χ4v) is 2.17. The second-order valence-electron chi connectivity index (χ2n) is 4.39. The molecule has 0 aliphatic carbocycles. The number of benzene rings is 2. The first kappa shape index (κ1) is 12.9. The lowest BCUT2D eigenvalue weighted by molar-refractivity contribution is 0.386. The Morgan fingerprint density at radius 3 is 2.55 bits per heavy atom. The van der Waals surface area contributed by atoms with Gasteiger partial charge in [0.1, 0.15) is 0 Å². The normalized spacial score (nSPS) is 10.7. The lowest BCUT2D eigenvalue weighted by Gasteiger charge is -2.00. The summed E-state index contributed by atoms with van der Waals surface area (Å²) in [5.74, 6) is 1.14. The SMILES string of the molecule is Nc1ccccc1Cc1nc(-c2ccc(Br)cc2)no1. The van der Waals surface area contributed by atoms with E-state index in [1.165, 1.54) is 0 Å². The molecular formula is C15H12BrN3O. The number of aromatic nitrogens is 2. The molecular weight excluding hydrogens is 318 g/mol. The van der Waals surface area contributed by atoms with Gasteiger partial charge < -0.3 is 10.3 Å². The van der Waals surface area contributed by atoms with Crippen LogP contribution < -0.4 is 5.73 Å². The zero-order chi connectivity index (χ0) is 13.9. The van der Waals surface area contributed by atoms with Crippen LogP contribution in [-0.4, -0.2) is 10.1 Å². The molecule has 3 rings (SSSR count). The molecule has 0 amide bonds. The number of hydrogen-bond donors (Lipinski definition) is 1. The molecule has 0 saturated heterocycles. The molecule has 0 unspecified atom stereocenters. The van der Waals surface area contributed by atoms with Crippen molar-refractivity contribution < 1.29 is 4.52 Å². The van der Waals surface area contributed by atoms with Gasteiger partial charge in [-0.1, -0.05) is 39.3 Å². The smallest absolute Gasteiger partial charge is 0.231 e. The van der Waals surface area contributed by atoms with Gasteiger partial charge in [0.15, 0.2) is 0 Å². The maximum absolute atomic E-state index is 5.91. The van der Waals surface area contributed by atoms with Crippen LogP contribution in [-0.2, 0) is 6.42 Å². The predicted molar refractivity (Wildman–Crippen MR) is 81.1 cm³/mol. The van der Waals surface area contributed by atoms with E-state index in [4.69, 9.17) is 10.3 Å². The first-order valence-electron chi connectivity index (χ1n) is 6.14. The molecule has 20 heavy (non-hydrogen) atoms. The molecule has 0 aliphatic rings. The second-order valence-corrected chi connectivity index (χ2v) is 5.31. The topological polar surface area (TPSA) is 64.9 Å². The van der Waals surface area contributed by atoms with Crippen molar-refractivity contribution in [3.05, 3.63) is 64.5 Å². The highest BCUT2D eigenvalue weighted by Crippen LogP contribution is 2.21. The van der Waals surface area contributed by atoms with Crippen LogP contribution in [0.4, 0.5) is 5.69 Å². The number of hydrogen-bond acceptors (Lipinski definition) is 4. The van der Waals surface area contributed by atoms with E-state index in [1.807, 2.05) is 48.5 Å². The number of para-hydroxylation sites is 1. The fourth-order valence-electron chi connectivity index (χ4n) is 1.90. The van der Waals surface area contributed by atoms with Crippen LogP contribution in [0.25, 0.3) is 11.4 Å². The first-order chi connectivity index (χ1) is 9.72. The van der Waals surface area contributed by atoms with E-state index in [0.29, 0.717) is 18.1 Å². The van der Waals surface area contributed by atoms with Gasteiger partial charge in [0, 0.05) is 15.7 Å². The standard InChI is InChI=1S/C15H12BrN3O/c16-12-7-5-10(6-8-12)15-18-14(20-19-15)9-11-3-1-2-4-13(11)17/h1-8H,9,17H2. The van der Waals surface area contributed by atoms with Crippen molar-refractivity contribution in [1.29, 1.82) is 0 Å². The lowest BCUT2D eigenvalue weighted by Crippen LogP contribution is -1.95. The van der Waals surface area contributed by atoms with Crippen molar-refractivity contribution >= 4 is 21.6 Å². The summed E-state index contributed by atoms with van der Waals surface area (Å²) >= 11 is 3.40. The molecule has 2 N–H and O–H groups in total. The molecule has 0 radical (unpaired) electrons. The van der Waals surface area contributed by atoms with Gasteiger partial charge in [-0.3, -0.25) is 0 Å². The van der Waals surface area contributed by atoms with Gasteiger partial charge in [-0.05, 0) is 35.9 Å². The minimum Gasteiger partial charge on any atom is -0.398 e. The molecule has 2 aromatic carbocycles. The Hall–Kier alpha value is -2.14. The summed E-state index contributed by atoms with van der Waals surface area (Å²) in [6.07, 6.45) is 0.538. The largest absolute Gasteiger partial charge is 0.398 e. The van der Waals surface area contributed by atoms with E-state index in [0.717, 1.165) is 21.3 Å². The highest BCUT2D eigenvalue weighted by atomic mass is 79.9. The van der Waals surface area contributed by atoms with E-state index in [-0.39, 0.29) is 0 Å². The van der Waals surface area contributed by atoms with E-state index in [1.54, 1.807) is 0 Å². The van der Waals surface area contributed by atoms with Crippen molar-refractivity contribution in [2.45, 2.75) is 6.42 Å². The molecule has 4 nitrogen and oxygen atoms in total. The van der Waals surface area contributed by atoms with Gasteiger partial charge in [-0.2, -0.15) is 4.98 Å². The van der Waals surface area contributed by atoms with Crippen molar-refractivity contribution in [3.8, 4) is 11.4 Å². The molecule has 100 valence electrons. The molecule has 0 spiro atoms. The van der Waals surface area contributed by atoms with Gasteiger partial charge in [0.05, 0.1) is 6.42 Å². The molecule has 0 aliphatic heterocycles. The molecule has 0 bridgehead atoms. The van der Waals surface area contributed by atoms with Crippen molar-refractivity contribution in [2.24, 2.45) is 0 Å². The lowest BCUT2D eigenvalue weighted by atomic mass is 10.1. The monoisotopic (exact) mass is 329 g/mol. The summed E-state index contributed by atoms with van der Waals surface area (Å²) in [5.41, 5.74) is 8.55. The Balaban J connectivity index is 1.84. The number of nitrogen functional groups attached to an aromatic ring is 1. The Kier molecular flexibility index (Phi) is 3.52. The van der Waals surface area contributed by atoms with Gasteiger partial charge in [0.2, 0.25) is 11.7 Å². The fraction of sp³-hybridized carbons (Fsp3) is 0.0667. The third-order valence-electron chi connectivity index (χ3n) is 2.97. The predicted octanol–water partition coefficient (Wildman–Crippen LogP) is 3.67. The van der Waals surface area contributed by atoms with Crippen LogP contribution in [0.1, 0.15) is 11.5 Å². The number of nitrogens with two attached hydrogens (primary N) is 1. The van der Waals surface area contributed by atoms with Crippen LogP contribution in [0.2, 0.25) is 0 Å². The molecule has 5 heteroatoms. The highest BCUT2D eigenvalue weighted by Gasteiger charge is 2.10. The third-order valence-corrected chi connectivity index (χ3v) is 3.50. The molecule has 0 fully saturated rings. The van der Waals surface area contributed by atoms with E-state index >= 15 is 0 Å². The highest BCUT2D eigenvalue weighted by molar-refractivity contribution is 9.10. The summed E-state index contributed by atoms with van der Waals surface area (Å²) in [6, 6.07) is 15.4. The van der Waals surface area contributed by atoms with Gasteiger partial charge in [-0.25, -0.2) is 0 Å². The zero-order valence-corrected chi connectivity index (χ0v) is 12.2. The van der Waals surface area contributed by atoms with Crippen LogP contribution in [0.15, 0.2) is 57.5 Å². The minimum atomic E-state index is 0.538. The van der Waals surface area contributed by atoms with E-state index in [9.17, 15) is 0 Å². The number of anilines is 1. The summed E-state index contributed by atoms with van der Waals surface area (Å²) in [7, 11) is 0. The summed E-state index contributed by atoms with van der Waals surface area (Å²) in [4.78, 5) is 4.40. The molecule has 0 atom stereocenters. The van der Waals surface area contributed by atoms with Crippen molar-refractivity contribution in [3.63, 3.8) is 0 Å². The quantitative estimate of drug-likeness (QED) is 0.744. The van der Waals surface area contributed by atoms with Crippen LogP contribution in [0, 0.1) is 0 Å². The van der Waals surface area contributed by atoms with Gasteiger partial charge in [0.25, 0.3) is 0 Å². The third kappa shape index (κ3) is 2.72. The Morgan fingerprint density at radius 1 is 1.05 bits per heavy atom. The first-order valence-corrected chi connectivity index (χ1v) is 6.93. The maximum atomic E-state index is 5.91. The number of halogens is 1. The minimum absolute atomic E-state index is 0.538. The molecule has 1 aromatic heterocycles. The van der Waals surface area contributed by atoms with Crippen LogP contribution in [0.3, 0.4) is 0 Å². The number of rotatable bonds is 3. The second kappa shape index (κ2) is 5.46. The zero-order valence-electron chi connectivity index (χ0n) is 10.6. The Labute approximate surface area is 124 Å². The van der Waals surface area contributed by atoms with Gasteiger partial charge >= 0.3 is 0 Å². The van der Waals surface area contributed by atoms with E-state index in [2.05, 4.69) is 26.1 Å². The van der Waals surface area contributed by atoms with Crippen LogP contribution >= 0.6 is 15.9 Å². The summed E-state index contributed by atoms with van der Waals surface area (Å²) in [6.45, 7) is 0. The summed E-state index contributed by atoms with van der Waals surface area (Å²) < 4.78 is 6.30. The summed E-state index contributed by atoms with van der Waals surface area (Å²) in [5, 5.41) is 4.00. The maximum Gasteiger partial charge on any atom is 0.231 e. The van der Waals surface area contributed by atoms with Crippen molar-refractivity contribution in [2.75, 3.05) is 5.73 Å². The molecule has 3 aromatic rings. The van der Waals surface area contributed by atoms with Crippen LogP contribution in [0.5, 0.6) is 0 Å². The molecule has 1 heterocycles. The number of nitrogens with zero attached hydrogens (tertiary/aromatic N) is 2. The van der Waals surface area contributed by atoms with Crippen molar-refractivity contribution in [1.82, 2.24) is 10.1 Å². The Morgan fingerprint density at radius 2 is 1.80 bits per heavy atom. The average molecular weight is 330 g/mol. The Bertz CT molecular complexity index is 722. The molecule has 0 saturated carbocycles. The average Bonchev–Trinajstić information content (AvgIpc) is 2.91. The van der Waals surface area contributed by atoms with E-state index < -0.39 is 0 Å². The van der Waals surface area contributed by atoms with Gasteiger partial charge in [-0.15, -0.1) is 0 Å².